The Labute approximate surface area is 128 Å². The summed E-state index contributed by atoms with van der Waals surface area (Å²) in [4.78, 5) is 36.3. The van der Waals surface area contributed by atoms with Gasteiger partial charge in [-0.3, -0.25) is 14.6 Å². The topological polar surface area (TPSA) is 90.4 Å². The molecule has 7 heteroatoms. The van der Waals surface area contributed by atoms with Gasteiger partial charge in [-0.1, -0.05) is 6.42 Å². The van der Waals surface area contributed by atoms with Crippen LogP contribution in [-0.4, -0.2) is 35.0 Å². The van der Waals surface area contributed by atoms with Crippen molar-refractivity contribution in [2.45, 2.75) is 51.2 Å². The van der Waals surface area contributed by atoms with Gasteiger partial charge in [0.2, 0.25) is 5.91 Å². The number of hydrogen-bond donors (Lipinski definition) is 1. The lowest BCUT2D eigenvalue weighted by Gasteiger charge is -2.22. The van der Waals surface area contributed by atoms with Crippen molar-refractivity contribution in [1.29, 1.82) is 0 Å². The molecule has 1 fully saturated rings. The SMILES string of the molecule is O=C(CCCCCOC1CCCCO1)n1ccc(=O)[nH]c1=O. The van der Waals surface area contributed by atoms with Crippen LogP contribution in [0, 0.1) is 0 Å². The first-order valence-electron chi connectivity index (χ1n) is 7.75. The summed E-state index contributed by atoms with van der Waals surface area (Å²) in [5.41, 5.74) is -1.19. The summed E-state index contributed by atoms with van der Waals surface area (Å²) in [5, 5.41) is 0. The molecule has 0 bridgehead atoms. The fraction of sp³-hybridized carbons (Fsp3) is 0.667. The highest BCUT2D eigenvalue weighted by Crippen LogP contribution is 2.14. The first-order chi connectivity index (χ1) is 10.7. The number of carbonyl (C=O) groups excluding carboxylic acids is 1. The Morgan fingerprint density at radius 2 is 2.18 bits per heavy atom. The molecule has 22 heavy (non-hydrogen) atoms. The fourth-order valence-corrected chi connectivity index (χ4v) is 2.35. The molecule has 1 aromatic rings. The molecule has 0 saturated carbocycles. The number of nitrogens with one attached hydrogen (secondary N) is 1. The van der Waals surface area contributed by atoms with Crippen molar-refractivity contribution in [3.63, 3.8) is 0 Å². The number of rotatable bonds is 7. The maximum atomic E-state index is 11.8. The zero-order chi connectivity index (χ0) is 15.8. The van der Waals surface area contributed by atoms with Gasteiger partial charge in [0.25, 0.3) is 5.56 Å². The van der Waals surface area contributed by atoms with Crippen LogP contribution in [-0.2, 0) is 9.47 Å². The van der Waals surface area contributed by atoms with E-state index in [9.17, 15) is 14.4 Å². The van der Waals surface area contributed by atoms with E-state index in [0.29, 0.717) is 13.0 Å². The van der Waals surface area contributed by atoms with Crippen LogP contribution in [0.5, 0.6) is 0 Å². The Morgan fingerprint density at radius 1 is 1.32 bits per heavy atom. The third-order valence-electron chi connectivity index (χ3n) is 3.57. The summed E-state index contributed by atoms with van der Waals surface area (Å²) < 4.78 is 12.0. The van der Waals surface area contributed by atoms with Crippen LogP contribution >= 0.6 is 0 Å². The van der Waals surface area contributed by atoms with Gasteiger partial charge in [0.05, 0.1) is 0 Å². The van der Waals surface area contributed by atoms with Crippen molar-refractivity contribution in [3.8, 4) is 0 Å². The molecule has 1 saturated heterocycles. The minimum Gasteiger partial charge on any atom is -0.353 e. The van der Waals surface area contributed by atoms with E-state index in [4.69, 9.17) is 9.47 Å². The standard InChI is InChI=1S/C15H22N2O5/c18-12-8-9-17(15(20)16-12)13(19)6-2-1-4-10-21-14-7-3-5-11-22-14/h8-9,14H,1-7,10-11H2,(H,16,18,20). The largest absolute Gasteiger partial charge is 0.353 e. The summed E-state index contributed by atoms with van der Waals surface area (Å²) in [6.45, 7) is 1.39. The molecule has 122 valence electrons. The average molecular weight is 310 g/mol. The molecule has 0 aliphatic carbocycles. The molecule has 2 rings (SSSR count). The number of ether oxygens (including phenoxy) is 2. The Morgan fingerprint density at radius 3 is 2.91 bits per heavy atom. The first-order valence-corrected chi connectivity index (χ1v) is 7.75. The van der Waals surface area contributed by atoms with Crippen LogP contribution < -0.4 is 11.2 Å². The summed E-state index contributed by atoms with van der Waals surface area (Å²) >= 11 is 0. The molecule has 1 atom stereocenters. The number of nitrogens with zero attached hydrogens (tertiary/aromatic N) is 1. The van der Waals surface area contributed by atoms with Crippen LogP contribution in [0.1, 0.15) is 49.7 Å². The lowest BCUT2D eigenvalue weighted by atomic mass is 10.2. The lowest BCUT2D eigenvalue weighted by molar-refractivity contribution is -0.162. The van der Waals surface area contributed by atoms with Gasteiger partial charge in [-0.05, 0) is 32.1 Å². The maximum Gasteiger partial charge on any atom is 0.335 e. The van der Waals surface area contributed by atoms with E-state index in [1.54, 1.807) is 0 Å². The van der Waals surface area contributed by atoms with E-state index in [2.05, 4.69) is 4.98 Å². The number of carbonyl (C=O) groups is 1. The highest BCUT2D eigenvalue weighted by Gasteiger charge is 2.13. The normalized spacial score (nSPS) is 18.3. The van der Waals surface area contributed by atoms with Gasteiger partial charge in [-0.2, -0.15) is 0 Å². The van der Waals surface area contributed by atoms with Crippen molar-refractivity contribution in [2.75, 3.05) is 13.2 Å². The van der Waals surface area contributed by atoms with E-state index in [1.807, 2.05) is 0 Å². The highest BCUT2D eigenvalue weighted by molar-refractivity contribution is 5.78. The molecule has 0 aromatic carbocycles. The Hall–Kier alpha value is -1.73. The van der Waals surface area contributed by atoms with Gasteiger partial charge < -0.3 is 9.47 Å². The molecule has 1 unspecified atom stereocenters. The van der Waals surface area contributed by atoms with Gasteiger partial charge >= 0.3 is 5.69 Å². The Bertz CT molecular complexity index is 586. The number of unbranched alkanes of at least 4 members (excludes halogenated alkanes) is 2. The summed E-state index contributed by atoms with van der Waals surface area (Å²) in [7, 11) is 0. The molecule has 0 amide bonds. The third-order valence-corrected chi connectivity index (χ3v) is 3.57. The zero-order valence-corrected chi connectivity index (χ0v) is 12.6. The van der Waals surface area contributed by atoms with E-state index in [1.165, 1.54) is 6.20 Å². The summed E-state index contributed by atoms with van der Waals surface area (Å²) in [6.07, 6.45) is 6.99. The van der Waals surface area contributed by atoms with Gasteiger partial charge in [0.15, 0.2) is 6.29 Å². The van der Waals surface area contributed by atoms with Crippen LogP contribution in [0.4, 0.5) is 0 Å². The van der Waals surface area contributed by atoms with E-state index in [0.717, 1.165) is 49.3 Å². The smallest absolute Gasteiger partial charge is 0.335 e. The molecular weight excluding hydrogens is 288 g/mol. The summed E-state index contributed by atoms with van der Waals surface area (Å²) in [6, 6.07) is 1.16. The molecule has 1 N–H and O–H groups in total. The van der Waals surface area contributed by atoms with Gasteiger partial charge in [-0.15, -0.1) is 0 Å². The fourth-order valence-electron chi connectivity index (χ4n) is 2.35. The van der Waals surface area contributed by atoms with Gasteiger partial charge in [0.1, 0.15) is 0 Å². The van der Waals surface area contributed by atoms with E-state index >= 15 is 0 Å². The number of H-pyrrole nitrogens is 1. The minimum atomic E-state index is -0.685. The summed E-state index contributed by atoms with van der Waals surface area (Å²) in [5.74, 6) is -0.308. The van der Waals surface area contributed by atoms with E-state index < -0.39 is 11.2 Å². The average Bonchev–Trinajstić information content (AvgIpc) is 2.51. The second-order valence-corrected chi connectivity index (χ2v) is 5.35. The number of aromatic nitrogens is 2. The van der Waals surface area contributed by atoms with Gasteiger partial charge in [0, 0.05) is 31.9 Å². The monoisotopic (exact) mass is 310 g/mol. The second-order valence-electron chi connectivity index (χ2n) is 5.35. The number of hydrogen-bond acceptors (Lipinski definition) is 5. The second kappa shape index (κ2) is 8.65. The Balaban J connectivity index is 1.61. The molecule has 7 nitrogen and oxygen atoms in total. The minimum absolute atomic E-state index is 0.0740. The van der Waals surface area contributed by atoms with Crippen molar-refractivity contribution in [3.05, 3.63) is 33.1 Å². The Kier molecular flexibility index (Phi) is 6.54. The quantitative estimate of drug-likeness (QED) is 0.766. The highest BCUT2D eigenvalue weighted by atomic mass is 16.7. The third kappa shape index (κ3) is 5.23. The van der Waals surface area contributed by atoms with Gasteiger partial charge in [-0.25, -0.2) is 9.36 Å². The van der Waals surface area contributed by atoms with Crippen LogP contribution in [0.25, 0.3) is 0 Å². The van der Waals surface area contributed by atoms with Crippen molar-refractivity contribution >= 4 is 5.91 Å². The molecule has 2 heterocycles. The molecule has 1 aromatic heterocycles. The predicted octanol–water partition coefficient (Wildman–Crippen LogP) is 1.28. The predicted molar refractivity (Wildman–Crippen MR) is 80.0 cm³/mol. The van der Waals surface area contributed by atoms with Crippen molar-refractivity contribution in [2.24, 2.45) is 0 Å². The molecule has 0 spiro atoms. The van der Waals surface area contributed by atoms with Crippen LogP contribution in [0.15, 0.2) is 21.9 Å². The van der Waals surface area contributed by atoms with E-state index in [-0.39, 0.29) is 18.6 Å². The molecule has 0 radical (unpaired) electrons. The lowest BCUT2D eigenvalue weighted by Crippen LogP contribution is -2.32. The van der Waals surface area contributed by atoms with Crippen molar-refractivity contribution < 1.29 is 14.3 Å². The van der Waals surface area contributed by atoms with Crippen molar-refractivity contribution in [1.82, 2.24) is 9.55 Å². The molecular formula is C15H22N2O5. The molecule has 1 aliphatic rings. The molecule has 1 aliphatic heterocycles. The maximum absolute atomic E-state index is 11.8. The van der Waals surface area contributed by atoms with Crippen LogP contribution in [0.2, 0.25) is 0 Å². The first kappa shape index (κ1) is 16.6. The number of aromatic amines is 1. The zero-order valence-electron chi connectivity index (χ0n) is 12.6. The van der Waals surface area contributed by atoms with Crippen LogP contribution in [0.3, 0.4) is 0 Å².